The van der Waals surface area contributed by atoms with Crippen LogP contribution in [0.3, 0.4) is 0 Å². The van der Waals surface area contributed by atoms with E-state index >= 15 is 0 Å². The molecular formula is C16H22N2O4. The fourth-order valence-electron chi connectivity index (χ4n) is 2.15. The van der Waals surface area contributed by atoms with Gasteiger partial charge in [-0.3, -0.25) is 4.79 Å². The lowest BCUT2D eigenvalue weighted by Crippen LogP contribution is -2.36. The van der Waals surface area contributed by atoms with Crippen LogP contribution in [0.1, 0.15) is 31.1 Å². The number of anilines is 2. The summed E-state index contributed by atoms with van der Waals surface area (Å²) in [6.07, 6.45) is 0. The highest BCUT2D eigenvalue weighted by Crippen LogP contribution is 2.26. The molecule has 1 saturated heterocycles. The SMILES string of the molecule is CC(C)(C)C(=O)Nc1ccc(N2CCOCC2)cc1C(=O)O. The van der Waals surface area contributed by atoms with Crippen molar-refractivity contribution in [2.75, 3.05) is 36.5 Å². The Labute approximate surface area is 130 Å². The summed E-state index contributed by atoms with van der Waals surface area (Å²) in [7, 11) is 0. The van der Waals surface area contributed by atoms with Crippen LogP contribution in [0.4, 0.5) is 11.4 Å². The van der Waals surface area contributed by atoms with Gasteiger partial charge in [-0.15, -0.1) is 0 Å². The van der Waals surface area contributed by atoms with E-state index in [0.29, 0.717) is 18.9 Å². The zero-order chi connectivity index (χ0) is 16.3. The maximum absolute atomic E-state index is 12.1. The highest BCUT2D eigenvalue weighted by molar-refractivity contribution is 6.02. The minimum atomic E-state index is -1.06. The minimum Gasteiger partial charge on any atom is -0.478 e. The summed E-state index contributed by atoms with van der Waals surface area (Å²) >= 11 is 0. The second-order valence-electron chi connectivity index (χ2n) is 6.34. The molecule has 0 radical (unpaired) electrons. The number of nitrogens with zero attached hydrogens (tertiary/aromatic N) is 1. The quantitative estimate of drug-likeness (QED) is 0.895. The van der Waals surface area contributed by atoms with Crippen molar-refractivity contribution in [3.8, 4) is 0 Å². The Morgan fingerprint density at radius 1 is 1.23 bits per heavy atom. The largest absolute Gasteiger partial charge is 0.478 e. The molecule has 0 aliphatic carbocycles. The van der Waals surface area contributed by atoms with Gasteiger partial charge in [-0.05, 0) is 18.2 Å². The fraction of sp³-hybridized carbons (Fsp3) is 0.500. The molecule has 120 valence electrons. The lowest BCUT2D eigenvalue weighted by molar-refractivity contribution is -0.123. The van der Waals surface area contributed by atoms with Crippen LogP contribution in [0.2, 0.25) is 0 Å². The molecule has 0 unspecified atom stereocenters. The van der Waals surface area contributed by atoms with Gasteiger partial charge in [-0.2, -0.15) is 0 Å². The van der Waals surface area contributed by atoms with Crippen molar-refractivity contribution in [2.45, 2.75) is 20.8 Å². The Balaban J connectivity index is 2.27. The molecule has 1 heterocycles. The summed E-state index contributed by atoms with van der Waals surface area (Å²) in [5.41, 5.74) is 0.666. The summed E-state index contributed by atoms with van der Waals surface area (Å²) in [6.45, 7) is 8.07. The third kappa shape index (κ3) is 3.76. The Bertz CT molecular complexity index is 572. The summed E-state index contributed by atoms with van der Waals surface area (Å²) in [6, 6.07) is 5.08. The predicted octanol–water partition coefficient (Wildman–Crippen LogP) is 2.21. The maximum Gasteiger partial charge on any atom is 0.337 e. The first-order chi connectivity index (χ1) is 10.3. The van der Waals surface area contributed by atoms with Gasteiger partial charge in [-0.25, -0.2) is 4.79 Å². The van der Waals surface area contributed by atoms with E-state index in [4.69, 9.17) is 4.74 Å². The molecule has 1 aliphatic rings. The predicted molar refractivity (Wildman–Crippen MR) is 84.5 cm³/mol. The van der Waals surface area contributed by atoms with Crippen molar-refractivity contribution >= 4 is 23.3 Å². The Morgan fingerprint density at radius 3 is 2.41 bits per heavy atom. The third-order valence-electron chi connectivity index (χ3n) is 3.54. The number of hydrogen-bond donors (Lipinski definition) is 2. The summed E-state index contributed by atoms with van der Waals surface area (Å²) in [5, 5.41) is 12.1. The molecule has 1 fully saturated rings. The Kier molecular flexibility index (Phi) is 4.71. The highest BCUT2D eigenvalue weighted by atomic mass is 16.5. The van der Waals surface area contributed by atoms with E-state index in [2.05, 4.69) is 10.2 Å². The van der Waals surface area contributed by atoms with Crippen LogP contribution in [-0.2, 0) is 9.53 Å². The van der Waals surface area contributed by atoms with Crippen LogP contribution < -0.4 is 10.2 Å². The highest BCUT2D eigenvalue weighted by Gasteiger charge is 2.24. The number of amides is 1. The molecule has 22 heavy (non-hydrogen) atoms. The van der Waals surface area contributed by atoms with Crippen molar-refractivity contribution in [1.29, 1.82) is 0 Å². The smallest absolute Gasteiger partial charge is 0.337 e. The number of rotatable bonds is 3. The minimum absolute atomic E-state index is 0.0987. The molecule has 1 aliphatic heterocycles. The summed E-state index contributed by atoms with van der Waals surface area (Å²) in [4.78, 5) is 25.6. The number of carbonyl (C=O) groups excluding carboxylic acids is 1. The number of nitrogens with one attached hydrogen (secondary N) is 1. The number of aromatic carboxylic acids is 1. The number of benzene rings is 1. The first-order valence-corrected chi connectivity index (χ1v) is 7.30. The molecule has 0 spiro atoms. The average molecular weight is 306 g/mol. The molecule has 6 heteroatoms. The molecule has 1 amide bonds. The second-order valence-corrected chi connectivity index (χ2v) is 6.34. The lowest BCUT2D eigenvalue weighted by atomic mass is 9.95. The summed E-state index contributed by atoms with van der Waals surface area (Å²) in [5.74, 6) is -1.27. The van der Waals surface area contributed by atoms with Gasteiger partial charge in [0.1, 0.15) is 0 Å². The van der Waals surface area contributed by atoms with Gasteiger partial charge in [0, 0.05) is 24.2 Å². The van der Waals surface area contributed by atoms with Crippen LogP contribution in [-0.4, -0.2) is 43.3 Å². The van der Waals surface area contributed by atoms with Gasteiger partial charge in [0.25, 0.3) is 0 Å². The van der Waals surface area contributed by atoms with Crippen molar-refractivity contribution < 1.29 is 19.4 Å². The van der Waals surface area contributed by atoms with E-state index < -0.39 is 11.4 Å². The van der Waals surface area contributed by atoms with E-state index in [-0.39, 0.29) is 11.5 Å². The molecule has 0 aromatic heterocycles. The van der Waals surface area contributed by atoms with Crippen molar-refractivity contribution in [3.05, 3.63) is 23.8 Å². The second kappa shape index (κ2) is 6.36. The normalized spacial score (nSPS) is 15.5. The maximum atomic E-state index is 12.1. The van der Waals surface area contributed by atoms with Crippen LogP contribution >= 0.6 is 0 Å². The molecule has 6 nitrogen and oxygen atoms in total. The van der Waals surface area contributed by atoms with Gasteiger partial charge < -0.3 is 20.1 Å². The van der Waals surface area contributed by atoms with Crippen molar-refractivity contribution in [1.82, 2.24) is 0 Å². The van der Waals surface area contributed by atoms with E-state index in [1.165, 1.54) is 0 Å². The van der Waals surface area contributed by atoms with Crippen LogP contribution in [0.15, 0.2) is 18.2 Å². The average Bonchev–Trinajstić information content (AvgIpc) is 2.47. The van der Waals surface area contributed by atoms with E-state index in [1.54, 1.807) is 32.9 Å². The standard InChI is InChI=1S/C16H22N2O4/c1-16(2,3)15(21)17-13-5-4-11(10-12(13)14(19)20)18-6-8-22-9-7-18/h4-5,10H,6-9H2,1-3H3,(H,17,21)(H,19,20). The Morgan fingerprint density at radius 2 is 1.86 bits per heavy atom. The third-order valence-corrected chi connectivity index (χ3v) is 3.54. The van der Waals surface area contributed by atoms with E-state index in [1.807, 2.05) is 6.07 Å². The van der Waals surface area contributed by atoms with Crippen molar-refractivity contribution in [3.63, 3.8) is 0 Å². The zero-order valence-corrected chi connectivity index (χ0v) is 13.2. The molecule has 0 saturated carbocycles. The number of carbonyl (C=O) groups is 2. The van der Waals surface area contributed by atoms with Gasteiger partial charge in [0.05, 0.1) is 24.5 Å². The monoisotopic (exact) mass is 306 g/mol. The molecule has 1 aromatic carbocycles. The molecule has 0 bridgehead atoms. The van der Waals surface area contributed by atoms with Crippen LogP contribution in [0.5, 0.6) is 0 Å². The first-order valence-electron chi connectivity index (χ1n) is 7.30. The van der Waals surface area contributed by atoms with Crippen LogP contribution in [0.25, 0.3) is 0 Å². The zero-order valence-electron chi connectivity index (χ0n) is 13.2. The van der Waals surface area contributed by atoms with Gasteiger partial charge in [-0.1, -0.05) is 20.8 Å². The van der Waals surface area contributed by atoms with E-state index in [0.717, 1.165) is 18.8 Å². The fourth-order valence-corrected chi connectivity index (χ4v) is 2.15. The van der Waals surface area contributed by atoms with Crippen LogP contribution in [0, 0.1) is 5.41 Å². The van der Waals surface area contributed by atoms with Gasteiger partial charge >= 0.3 is 5.97 Å². The van der Waals surface area contributed by atoms with Gasteiger partial charge in [0.15, 0.2) is 0 Å². The first kappa shape index (κ1) is 16.3. The molecule has 2 N–H and O–H groups in total. The summed E-state index contributed by atoms with van der Waals surface area (Å²) < 4.78 is 5.30. The molecule has 1 aromatic rings. The number of ether oxygens (including phenoxy) is 1. The molecule has 0 atom stereocenters. The number of carboxylic acids is 1. The van der Waals surface area contributed by atoms with Crippen molar-refractivity contribution in [2.24, 2.45) is 5.41 Å². The van der Waals surface area contributed by atoms with Gasteiger partial charge in [0.2, 0.25) is 5.91 Å². The number of morpholine rings is 1. The number of hydrogen-bond acceptors (Lipinski definition) is 4. The topological polar surface area (TPSA) is 78.9 Å². The molecular weight excluding hydrogens is 284 g/mol. The Hall–Kier alpha value is -2.08. The lowest BCUT2D eigenvalue weighted by Gasteiger charge is -2.29. The van der Waals surface area contributed by atoms with E-state index in [9.17, 15) is 14.7 Å². The molecule has 2 rings (SSSR count). The number of carboxylic acid groups (broad SMARTS) is 1.